The third-order valence-corrected chi connectivity index (χ3v) is 3.58. The number of nitrogens with one attached hydrogen (secondary N) is 1. The minimum atomic E-state index is 0.454. The second-order valence-electron chi connectivity index (χ2n) is 4.95. The Bertz CT molecular complexity index is 399. The number of aryl methyl sites for hydroxylation is 1. The van der Waals surface area contributed by atoms with Crippen LogP contribution in [0.1, 0.15) is 44.1 Å². The van der Waals surface area contributed by atoms with E-state index >= 15 is 0 Å². The van der Waals surface area contributed by atoms with Gasteiger partial charge in [-0.25, -0.2) is 0 Å². The zero-order valence-electron chi connectivity index (χ0n) is 12.1. The summed E-state index contributed by atoms with van der Waals surface area (Å²) < 4.78 is 2.24. The van der Waals surface area contributed by atoms with Gasteiger partial charge in [-0.15, -0.1) is 0 Å². The van der Waals surface area contributed by atoms with Gasteiger partial charge < -0.3 is 9.88 Å². The number of nitrogens with zero attached hydrogens (tertiary/aromatic N) is 1. The van der Waals surface area contributed by atoms with Crippen molar-refractivity contribution in [3.8, 4) is 0 Å². The van der Waals surface area contributed by atoms with Crippen LogP contribution >= 0.6 is 0 Å². The fourth-order valence-electron chi connectivity index (χ4n) is 1.92. The summed E-state index contributed by atoms with van der Waals surface area (Å²) in [7, 11) is 2.12. The zero-order chi connectivity index (χ0) is 13.0. The van der Waals surface area contributed by atoms with E-state index in [1.54, 1.807) is 0 Å². The minimum absolute atomic E-state index is 0.454. The molecule has 1 rings (SSSR count). The lowest BCUT2D eigenvalue weighted by Crippen LogP contribution is -2.27. The highest BCUT2D eigenvalue weighted by Crippen LogP contribution is 2.17. The van der Waals surface area contributed by atoms with Crippen molar-refractivity contribution in [3.05, 3.63) is 28.6 Å². The van der Waals surface area contributed by atoms with Crippen LogP contribution in [-0.2, 0) is 7.05 Å². The van der Waals surface area contributed by atoms with Gasteiger partial charge in [0.25, 0.3) is 0 Å². The van der Waals surface area contributed by atoms with Crippen LogP contribution in [0.15, 0.2) is 11.6 Å². The molecule has 1 aromatic rings. The normalized spacial score (nSPS) is 14.1. The predicted molar refractivity (Wildman–Crippen MR) is 76.3 cm³/mol. The molecule has 0 saturated heterocycles. The average molecular weight is 234 g/mol. The predicted octanol–water partition coefficient (Wildman–Crippen LogP) is 3.43. The molecule has 0 bridgehead atoms. The van der Waals surface area contributed by atoms with Crippen molar-refractivity contribution in [2.45, 2.75) is 47.1 Å². The van der Waals surface area contributed by atoms with E-state index in [0.29, 0.717) is 6.04 Å². The topological polar surface area (TPSA) is 17.0 Å². The lowest BCUT2D eigenvalue weighted by Gasteiger charge is -2.14. The number of aromatic nitrogens is 1. The van der Waals surface area contributed by atoms with Gasteiger partial charge in [-0.1, -0.05) is 18.6 Å². The van der Waals surface area contributed by atoms with Crippen molar-refractivity contribution in [2.24, 2.45) is 7.05 Å². The van der Waals surface area contributed by atoms with Gasteiger partial charge in [-0.2, -0.15) is 0 Å². The van der Waals surface area contributed by atoms with Crippen molar-refractivity contribution >= 4 is 6.08 Å². The molecule has 96 valence electrons. The number of hydrogen-bond donors (Lipinski definition) is 1. The monoisotopic (exact) mass is 234 g/mol. The maximum atomic E-state index is 3.52. The Balaban J connectivity index is 2.83. The van der Waals surface area contributed by atoms with Gasteiger partial charge in [0.15, 0.2) is 0 Å². The van der Waals surface area contributed by atoms with Crippen molar-refractivity contribution < 1.29 is 0 Å². The van der Waals surface area contributed by atoms with E-state index in [1.165, 1.54) is 28.9 Å². The van der Waals surface area contributed by atoms with Crippen LogP contribution in [0, 0.1) is 13.8 Å². The molecule has 0 amide bonds. The van der Waals surface area contributed by atoms with Gasteiger partial charge in [0.2, 0.25) is 0 Å². The highest BCUT2D eigenvalue weighted by atomic mass is 14.9. The van der Waals surface area contributed by atoms with Gasteiger partial charge in [-0.3, -0.25) is 0 Å². The molecule has 2 heteroatoms. The van der Waals surface area contributed by atoms with Crippen LogP contribution in [0.2, 0.25) is 0 Å². The SMILES string of the molecule is CCCNC(C)/C(C)=C/c1cc(C)n(C)c1C. The van der Waals surface area contributed by atoms with Crippen molar-refractivity contribution in [1.82, 2.24) is 9.88 Å². The Hall–Kier alpha value is -1.02. The average Bonchev–Trinajstić information content (AvgIpc) is 2.54. The van der Waals surface area contributed by atoms with Crippen LogP contribution in [-0.4, -0.2) is 17.2 Å². The Morgan fingerprint density at radius 1 is 1.47 bits per heavy atom. The molecule has 2 nitrogen and oxygen atoms in total. The van der Waals surface area contributed by atoms with E-state index in [2.05, 4.69) is 63.7 Å². The molecule has 0 spiro atoms. The molecule has 0 aliphatic heterocycles. The van der Waals surface area contributed by atoms with Crippen LogP contribution in [0.4, 0.5) is 0 Å². The largest absolute Gasteiger partial charge is 0.352 e. The first-order valence-electron chi connectivity index (χ1n) is 6.51. The summed E-state index contributed by atoms with van der Waals surface area (Å²) >= 11 is 0. The van der Waals surface area contributed by atoms with Crippen LogP contribution in [0.5, 0.6) is 0 Å². The molecule has 1 N–H and O–H groups in total. The summed E-state index contributed by atoms with van der Waals surface area (Å²) in [6, 6.07) is 2.71. The second-order valence-corrected chi connectivity index (χ2v) is 4.95. The summed E-state index contributed by atoms with van der Waals surface area (Å²) in [5.41, 5.74) is 5.39. The van der Waals surface area contributed by atoms with E-state index in [9.17, 15) is 0 Å². The fraction of sp³-hybridized carbons (Fsp3) is 0.600. The fourth-order valence-corrected chi connectivity index (χ4v) is 1.92. The van der Waals surface area contributed by atoms with Crippen LogP contribution in [0.25, 0.3) is 6.08 Å². The molecule has 0 radical (unpaired) electrons. The van der Waals surface area contributed by atoms with E-state index in [0.717, 1.165) is 6.54 Å². The molecule has 1 heterocycles. The standard InChI is InChI=1S/C15H26N2/c1-7-8-16-13(4)11(2)9-15-10-12(3)17(6)14(15)5/h9-10,13,16H,7-8H2,1-6H3/b11-9+. The molecule has 1 unspecified atom stereocenters. The summed E-state index contributed by atoms with van der Waals surface area (Å²) in [6.45, 7) is 12.0. The number of hydrogen-bond acceptors (Lipinski definition) is 1. The first kappa shape index (κ1) is 14.0. The quantitative estimate of drug-likeness (QED) is 0.826. The second kappa shape index (κ2) is 6.06. The first-order chi connectivity index (χ1) is 7.97. The molecule has 1 aromatic heterocycles. The highest BCUT2D eigenvalue weighted by Gasteiger charge is 2.07. The number of rotatable bonds is 5. The smallest absolute Gasteiger partial charge is 0.0251 e. The van der Waals surface area contributed by atoms with Crippen molar-refractivity contribution in [2.75, 3.05) is 6.54 Å². The van der Waals surface area contributed by atoms with E-state index < -0.39 is 0 Å². The van der Waals surface area contributed by atoms with Gasteiger partial charge in [0.1, 0.15) is 0 Å². The van der Waals surface area contributed by atoms with E-state index in [1.807, 2.05) is 0 Å². The lowest BCUT2D eigenvalue weighted by atomic mass is 10.1. The van der Waals surface area contributed by atoms with Gasteiger partial charge in [0, 0.05) is 24.5 Å². The molecule has 0 aliphatic rings. The third kappa shape index (κ3) is 3.47. The summed E-state index contributed by atoms with van der Waals surface area (Å²) in [4.78, 5) is 0. The first-order valence-corrected chi connectivity index (χ1v) is 6.51. The lowest BCUT2D eigenvalue weighted by molar-refractivity contribution is 0.604. The summed E-state index contributed by atoms with van der Waals surface area (Å²) in [5.74, 6) is 0. The summed E-state index contributed by atoms with van der Waals surface area (Å²) in [5, 5.41) is 3.52. The van der Waals surface area contributed by atoms with Gasteiger partial charge >= 0.3 is 0 Å². The van der Waals surface area contributed by atoms with Gasteiger partial charge in [-0.05, 0) is 52.3 Å². The van der Waals surface area contributed by atoms with Crippen LogP contribution in [0.3, 0.4) is 0 Å². The molecular weight excluding hydrogens is 208 g/mol. The molecule has 0 aromatic carbocycles. The highest BCUT2D eigenvalue weighted by molar-refractivity contribution is 5.57. The van der Waals surface area contributed by atoms with E-state index in [4.69, 9.17) is 0 Å². The molecule has 17 heavy (non-hydrogen) atoms. The Morgan fingerprint density at radius 3 is 2.59 bits per heavy atom. The maximum Gasteiger partial charge on any atom is 0.0251 e. The minimum Gasteiger partial charge on any atom is -0.352 e. The van der Waals surface area contributed by atoms with Crippen LogP contribution < -0.4 is 5.32 Å². The van der Waals surface area contributed by atoms with Gasteiger partial charge in [0.05, 0.1) is 0 Å². The van der Waals surface area contributed by atoms with E-state index in [-0.39, 0.29) is 0 Å². The molecule has 0 saturated carbocycles. The molecule has 0 fully saturated rings. The molecular formula is C15H26N2. The van der Waals surface area contributed by atoms with Crippen molar-refractivity contribution in [3.63, 3.8) is 0 Å². The Morgan fingerprint density at radius 2 is 2.12 bits per heavy atom. The third-order valence-electron chi connectivity index (χ3n) is 3.58. The Kier molecular flexibility index (Phi) is 5.01. The molecule has 0 aliphatic carbocycles. The van der Waals surface area contributed by atoms with Crippen molar-refractivity contribution in [1.29, 1.82) is 0 Å². The Labute approximate surface area is 106 Å². The maximum absolute atomic E-state index is 3.52. The summed E-state index contributed by atoms with van der Waals surface area (Å²) in [6.07, 6.45) is 3.48. The molecule has 1 atom stereocenters. The zero-order valence-corrected chi connectivity index (χ0v) is 12.1.